The van der Waals surface area contributed by atoms with E-state index in [9.17, 15) is 4.79 Å². The summed E-state index contributed by atoms with van der Waals surface area (Å²) in [5, 5.41) is 2.39. The number of rotatable bonds is 4. The predicted molar refractivity (Wildman–Crippen MR) is 114 cm³/mol. The van der Waals surface area contributed by atoms with Gasteiger partial charge < -0.3 is 14.5 Å². The molecule has 1 atom stereocenters. The zero-order chi connectivity index (χ0) is 19.5. The maximum atomic E-state index is 13.4. The van der Waals surface area contributed by atoms with Gasteiger partial charge in [-0.15, -0.1) is 0 Å². The molecule has 3 aromatic carbocycles. The Morgan fingerprint density at radius 2 is 1.64 bits per heavy atom. The lowest BCUT2D eigenvalue weighted by molar-refractivity contribution is 0.0743. The maximum absolute atomic E-state index is 13.4. The van der Waals surface area contributed by atoms with E-state index in [0.717, 1.165) is 29.9 Å². The number of ether oxygens (including phenoxy) is 1. The van der Waals surface area contributed by atoms with E-state index >= 15 is 0 Å². The minimum Gasteiger partial charge on any atom is -0.378 e. The molecule has 0 saturated carbocycles. The third-order valence-corrected chi connectivity index (χ3v) is 5.66. The molecule has 1 aliphatic heterocycles. The van der Waals surface area contributed by atoms with Crippen LogP contribution in [0.1, 0.15) is 28.9 Å². The Morgan fingerprint density at radius 3 is 2.46 bits per heavy atom. The molecule has 1 amide bonds. The second kappa shape index (κ2) is 8.03. The third kappa shape index (κ3) is 3.48. The number of benzene rings is 3. The highest BCUT2D eigenvalue weighted by atomic mass is 16.5. The SMILES string of the molecule is C[C@H](c1cccc2ccccc12)N(C)C(=O)c1ccccc1N1CCOCC1. The molecule has 1 heterocycles. The Morgan fingerprint density at radius 1 is 0.964 bits per heavy atom. The summed E-state index contributed by atoms with van der Waals surface area (Å²) in [4.78, 5) is 17.5. The summed E-state index contributed by atoms with van der Waals surface area (Å²) in [6.45, 7) is 5.12. The van der Waals surface area contributed by atoms with Gasteiger partial charge >= 0.3 is 0 Å². The molecule has 0 N–H and O–H groups in total. The van der Waals surface area contributed by atoms with Crippen molar-refractivity contribution in [2.75, 3.05) is 38.3 Å². The van der Waals surface area contributed by atoms with Crippen molar-refractivity contribution in [3.63, 3.8) is 0 Å². The van der Waals surface area contributed by atoms with Gasteiger partial charge in [-0.1, -0.05) is 54.6 Å². The first-order valence-electron chi connectivity index (χ1n) is 9.83. The predicted octanol–water partition coefficient (Wildman–Crippen LogP) is 4.51. The average molecular weight is 374 g/mol. The molecule has 3 aromatic rings. The molecule has 1 aliphatic rings. The van der Waals surface area contributed by atoms with E-state index < -0.39 is 0 Å². The smallest absolute Gasteiger partial charge is 0.256 e. The number of amides is 1. The van der Waals surface area contributed by atoms with Crippen molar-refractivity contribution in [2.24, 2.45) is 0 Å². The number of carbonyl (C=O) groups excluding carboxylic acids is 1. The van der Waals surface area contributed by atoms with Gasteiger partial charge in [0.25, 0.3) is 5.91 Å². The van der Waals surface area contributed by atoms with Crippen molar-refractivity contribution in [3.8, 4) is 0 Å². The molecule has 0 aliphatic carbocycles. The number of carbonyl (C=O) groups is 1. The Labute approximate surface area is 166 Å². The molecule has 144 valence electrons. The average Bonchev–Trinajstić information content (AvgIpc) is 2.78. The Hall–Kier alpha value is -2.85. The van der Waals surface area contributed by atoms with E-state index in [1.54, 1.807) is 0 Å². The number of hydrogen-bond acceptors (Lipinski definition) is 3. The standard InChI is InChI=1S/C24H26N2O2/c1-18(20-12-7-9-19-8-3-4-10-21(19)20)25(2)24(27)22-11-5-6-13-23(22)26-14-16-28-17-15-26/h3-13,18H,14-17H2,1-2H3/t18-/m1/s1. The topological polar surface area (TPSA) is 32.8 Å². The number of nitrogens with zero attached hydrogens (tertiary/aromatic N) is 2. The van der Waals surface area contributed by atoms with Crippen LogP contribution in [0.25, 0.3) is 10.8 Å². The van der Waals surface area contributed by atoms with Gasteiger partial charge in [0.05, 0.1) is 24.8 Å². The summed E-state index contributed by atoms with van der Waals surface area (Å²) in [6, 6.07) is 22.5. The van der Waals surface area contributed by atoms with Crippen LogP contribution in [0.2, 0.25) is 0 Å². The molecule has 1 saturated heterocycles. The summed E-state index contributed by atoms with van der Waals surface area (Å²) in [5.41, 5.74) is 2.91. The largest absolute Gasteiger partial charge is 0.378 e. The van der Waals surface area contributed by atoms with Crippen molar-refractivity contribution >= 4 is 22.4 Å². The van der Waals surface area contributed by atoms with E-state index in [1.165, 1.54) is 10.8 Å². The summed E-state index contributed by atoms with van der Waals surface area (Å²) in [5.74, 6) is 0.0440. The van der Waals surface area contributed by atoms with E-state index in [1.807, 2.05) is 48.3 Å². The Bertz CT molecular complexity index is 974. The van der Waals surface area contributed by atoms with Gasteiger partial charge in [0, 0.05) is 25.8 Å². The Kier molecular flexibility index (Phi) is 5.31. The molecule has 0 spiro atoms. The monoisotopic (exact) mass is 374 g/mol. The van der Waals surface area contributed by atoms with Gasteiger partial charge in [-0.2, -0.15) is 0 Å². The lowest BCUT2D eigenvalue weighted by Crippen LogP contribution is -2.38. The van der Waals surface area contributed by atoms with Crippen molar-refractivity contribution in [1.29, 1.82) is 0 Å². The summed E-state index contributed by atoms with van der Waals surface area (Å²) >= 11 is 0. The van der Waals surface area contributed by atoms with Crippen molar-refractivity contribution in [1.82, 2.24) is 4.90 Å². The van der Waals surface area contributed by atoms with Gasteiger partial charge in [0.2, 0.25) is 0 Å². The highest BCUT2D eigenvalue weighted by Gasteiger charge is 2.24. The van der Waals surface area contributed by atoms with Crippen LogP contribution in [0.4, 0.5) is 5.69 Å². The van der Waals surface area contributed by atoms with Crippen LogP contribution in [0.3, 0.4) is 0 Å². The molecule has 0 aromatic heterocycles. The van der Waals surface area contributed by atoms with E-state index in [0.29, 0.717) is 13.2 Å². The number of anilines is 1. The lowest BCUT2D eigenvalue weighted by atomic mass is 9.98. The molecule has 0 bridgehead atoms. The van der Waals surface area contributed by atoms with E-state index in [-0.39, 0.29) is 11.9 Å². The minimum absolute atomic E-state index is 0.0312. The molecule has 0 unspecified atom stereocenters. The zero-order valence-corrected chi connectivity index (χ0v) is 16.5. The summed E-state index contributed by atoms with van der Waals surface area (Å²) in [6.07, 6.45) is 0. The van der Waals surface area contributed by atoms with Gasteiger partial charge in [-0.25, -0.2) is 0 Å². The van der Waals surface area contributed by atoms with Crippen molar-refractivity contribution in [3.05, 3.63) is 77.9 Å². The maximum Gasteiger partial charge on any atom is 0.256 e. The van der Waals surface area contributed by atoms with Crippen molar-refractivity contribution in [2.45, 2.75) is 13.0 Å². The number of para-hydroxylation sites is 1. The van der Waals surface area contributed by atoms with Crippen LogP contribution >= 0.6 is 0 Å². The molecule has 28 heavy (non-hydrogen) atoms. The zero-order valence-electron chi connectivity index (χ0n) is 16.5. The minimum atomic E-state index is -0.0312. The second-order valence-corrected chi connectivity index (χ2v) is 7.28. The Balaban J connectivity index is 1.65. The van der Waals surface area contributed by atoms with Gasteiger partial charge in [-0.05, 0) is 35.4 Å². The van der Waals surface area contributed by atoms with Crippen LogP contribution in [0.5, 0.6) is 0 Å². The number of hydrogen-bond donors (Lipinski definition) is 0. The molecule has 1 fully saturated rings. The van der Waals surface area contributed by atoms with Crippen LogP contribution in [0.15, 0.2) is 66.7 Å². The highest BCUT2D eigenvalue weighted by molar-refractivity contribution is 6.00. The van der Waals surface area contributed by atoms with E-state index in [4.69, 9.17) is 4.74 Å². The highest BCUT2D eigenvalue weighted by Crippen LogP contribution is 2.30. The molecule has 0 radical (unpaired) electrons. The van der Waals surface area contributed by atoms with Crippen LogP contribution in [-0.2, 0) is 4.74 Å². The molecule has 4 heteroatoms. The van der Waals surface area contributed by atoms with Gasteiger partial charge in [0.1, 0.15) is 0 Å². The van der Waals surface area contributed by atoms with Crippen LogP contribution < -0.4 is 4.90 Å². The van der Waals surface area contributed by atoms with Crippen LogP contribution in [0, 0.1) is 0 Å². The van der Waals surface area contributed by atoms with Gasteiger partial charge in [-0.3, -0.25) is 4.79 Å². The molecule has 4 nitrogen and oxygen atoms in total. The van der Waals surface area contributed by atoms with Gasteiger partial charge in [0.15, 0.2) is 0 Å². The fourth-order valence-electron chi connectivity index (χ4n) is 3.92. The van der Waals surface area contributed by atoms with Crippen molar-refractivity contribution < 1.29 is 9.53 Å². The first kappa shape index (κ1) is 18.5. The lowest BCUT2D eigenvalue weighted by Gasteiger charge is -2.32. The second-order valence-electron chi connectivity index (χ2n) is 7.28. The normalized spacial score (nSPS) is 15.4. The molecular weight excluding hydrogens is 348 g/mol. The fraction of sp³-hybridized carbons (Fsp3) is 0.292. The fourth-order valence-corrected chi connectivity index (χ4v) is 3.92. The first-order chi connectivity index (χ1) is 13.7. The number of fused-ring (bicyclic) bond motifs is 1. The number of morpholine rings is 1. The van der Waals surface area contributed by atoms with Crippen LogP contribution in [-0.4, -0.2) is 44.2 Å². The third-order valence-electron chi connectivity index (χ3n) is 5.66. The molecular formula is C24H26N2O2. The molecule has 4 rings (SSSR count). The van der Waals surface area contributed by atoms with E-state index in [2.05, 4.69) is 42.2 Å². The summed E-state index contributed by atoms with van der Waals surface area (Å²) in [7, 11) is 1.89. The summed E-state index contributed by atoms with van der Waals surface area (Å²) < 4.78 is 5.47. The quantitative estimate of drug-likeness (QED) is 0.674. The first-order valence-corrected chi connectivity index (χ1v) is 9.83.